The van der Waals surface area contributed by atoms with E-state index in [1.54, 1.807) is 37.4 Å². The highest BCUT2D eigenvalue weighted by molar-refractivity contribution is 6.30. The van der Waals surface area contributed by atoms with Gasteiger partial charge in [-0.15, -0.1) is 0 Å². The van der Waals surface area contributed by atoms with Crippen molar-refractivity contribution >= 4 is 34.4 Å². The lowest BCUT2D eigenvalue weighted by Gasteiger charge is -2.28. The number of hydrogen-bond donors (Lipinski definition) is 0. The van der Waals surface area contributed by atoms with Crippen LogP contribution in [0.5, 0.6) is 0 Å². The third kappa shape index (κ3) is 3.23. The Balaban J connectivity index is 1.95. The Morgan fingerprint density at radius 3 is 2.73 bits per heavy atom. The highest BCUT2D eigenvalue weighted by atomic mass is 35.5. The molecule has 0 saturated carbocycles. The average molecular weight is 431 g/mol. The van der Waals surface area contributed by atoms with E-state index in [0.717, 1.165) is 11.3 Å². The Morgan fingerprint density at radius 2 is 2.03 bits per heavy atom. The van der Waals surface area contributed by atoms with Gasteiger partial charge in [0.15, 0.2) is 11.2 Å². The zero-order valence-electron chi connectivity index (χ0n) is 17.3. The van der Waals surface area contributed by atoms with Crippen molar-refractivity contribution in [1.82, 2.24) is 18.7 Å². The SMILES string of the molecule is COCCN1N=C(C)C(C)n2c1nc1c2c(=O)n(Cc2cccc(Cl)c2)c(=O)n1C. The van der Waals surface area contributed by atoms with E-state index in [1.807, 2.05) is 24.5 Å². The number of hydrogen-bond acceptors (Lipinski definition) is 6. The van der Waals surface area contributed by atoms with Crippen molar-refractivity contribution < 1.29 is 4.74 Å². The lowest BCUT2D eigenvalue weighted by Crippen LogP contribution is -2.40. The molecule has 0 amide bonds. The van der Waals surface area contributed by atoms with Crippen molar-refractivity contribution in [2.75, 3.05) is 25.3 Å². The van der Waals surface area contributed by atoms with Crippen LogP contribution < -0.4 is 16.3 Å². The number of imidazole rings is 1. The van der Waals surface area contributed by atoms with Gasteiger partial charge in [0, 0.05) is 19.2 Å². The summed E-state index contributed by atoms with van der Waals surface area (Å²) in [5.41, 5.74) is 1.50. The first-order valence-corrected chi connectivity index (χ1v) is 9.99. The lowest BCUT2D eigenvalue weighted by atomic mass is 10.2. The van der Waals surface area contributed by atoms with Gasteiger partial charge in [0.1, 0.15) is 0 Å². The first-order chi connectivity index (χ1) is 14.3. The number of ether oxygens (including phenoxy) is 1. The lowest BCUT2D eigenvalue weighted by molar-refractivity contribution is 0.204. The molecular formula is C20H23ClN6O3. The normalized spacial score (nSPS) is 16.1. The zero-order chi connectivity index (χ0) is 21.6. The summed E-state index contributed by atoms with van der Waals surface area (Å²) < 4.78 is 9.65. The number of aryl methyl sites for hydroxylation is 1. The quantitative estimate of drug-likeness (QED) is 0.618. The predicted octanol–water partition coefficient (Wildman–Crippen LogP) is 2.00. The molecule has 0 saturated heterocycles. The zero-order valence-corrected chi connectivity index (χ0v) is 18.0. The molecule has 1 unspecified atom stereocenters. The van der Waals surface area contributed by atoms with Gasteiger partial charge in [0.2, 0.25) is 5.95 Å². The predicted molar refractivity (Wildman–Crippen MR) is 117 cm³/mol. The van der Waals surface area contributed by atoms with E-state index in [-0.39, 0.29) is 18.1 Å². The second-order valence-corrected chi connectivity index (χ2v) is 7.79. The molecule has 0 bridgehead atoms. The number of anilines is 1. The molecule has 9 nitrogen and oxygen atoms in total. The minimum absolute atomic E-state index is 0.122. The van der Waals surface area contributed by atoms with Gasteiger partial charge in [0.25, 0.3) is 5.56 Å². The third-order valence-corrected chi connectivity index (χ3v) is 5.63. The number of benzene rings is 1. The minimum Gasteiger partial charge on any atom is -0.383 e. The fraction of sp³-hybridized carbons (Fsp3) is 0.400. The maximum atomic E-state index is 13.5. The van der Waals surface area contributed by atoms with Crippen molar-refractivity contribution in [2.24, 2.45) is 12.1 Å². The number of rotatable bonds is 5. The maximum absolute atomic E-state index is 13.5. The molecule has 3 aromatic rings. The van der Waals surface area contributed by atoms with E-state index in [0.29, 0.717) is 35.3 Å². The summed E-state index contributed by atoms with van der Waals surface area (Å²) in [6.07, 6.45) is 0. The van der Waals surface area contributed by atoms with Crippen molar-refractivity contribution in [3.8, 4) is 0 Å². The van der Waals surface area contributed by atoms with Crippen LogP contribution in [0.1, 0.15) is 25.5 Å². The molecule has 1 atom stereocenters. The second kappa shape index (κ2) is 7.73. The topological polar surface area (TPSA) is 86.7 Å². The molecule has 10 heteroatoms. The highest BCUT2D eigenvalue weighted by Crippen LogP contribution is 2.29. The van der Waals surface area contributed by atoms with Crippen LogP contribution in [-0.2, 0) is 18.3 Å². The molecule has 0 N–H and O–H groups in total. The van der Waals surface area contributed by atoms with Gasteiger partial charge >= 0.3 is 5.69 Å². The first-order valence-electron chi connectivity index (χ1n) is 9.61. The fourth-order valence-corrected chi connectivity index (χ4v) is 3.88. The van der Waals surface area contributed by atoms with Gasteiger partial charge in [-0.3, -0.25) is 18.5 Å². The monoisotopic (exact) mass is 430 g/mol. The first kappa shape index (κ1) is 20.4. The molecule has 0 aliphatic carbocycles. The van der Waals surface area contributed by atoms with Crippen LogP contribution in [0, 0.1) is 0 Å². The molecule has 1 aliphatic heterocycles. The highest BCUT2D eigenvalue weighted by Gasteiger charge is 2.30. The Hall–Kier alpha value is -2.91. The van der Waals surface area contributed by atoms with Crippen LogP contribution in [0.4, 0.5) is 5.95 Å². The fourth-order valence-electron chi connectivity index (χ4n) is 3.67. The summed E-state index contributed by atoms with van der Waals surface area (Å²) in [6.45, 7) is 4.92. The van der Waals surface area contributed by atoms with Crippen LogP contribution in [0.2, 0.25) is 5.02 Å². The molecule has 4 rings (SSSR count). The molecule has 1 aromatic carbocycles. The van der Waals surface area contributed by atoms with Gasteiger partial charge in [-0.05, 0) is 31.5 Å². The van der Waals surface area contributed by atoms with E-state index in [4.69, 9.17) is 16.3 Å². The number of halogens is 1. The van der Waals surface area contributed by atoms with Crippen molar-refractivity contribution in [3.05, 3.63) is 55.7 Å². The molecule has 3 heterocycles. The summed E-state index contributed by atoms with van der Waals surface area (Å²) in [7, 11) is 3.24. The molecule has 0 radical (unpaired) electrons. The number of nitrogens with zero attached hydrogens (tertiary/aromatic N) is 6. The molecular weight excluding hydrogens is 408 g/mol. The number of hydrazone groups is 1. The average Bonchev–Trinajstić information content (AvgIpc) is 3.12. The van der Waals surface area contributed by atoms with Gasteiger partial charge in [0.05, 0.1) is 31.4 Å². The summed E-state index contributed by atoms with van der Waals surface area (Å²) in [4.78, 5) is 31.1. The van der Waals surface area contributed by atoms with Gasteiger partial charge in [-0.25, -0.2) is 9.80 Å². The van der Waals surface area contributed by atoms with E-state index >= 15 is 0 Å². The largest absolute Gasteiger partial charge is 0.383 e. The summed E-state index contributed by atoms with van der Waals surface area (Å²) >= 11 is 6.07. The third-order valence-electron chi connectivity index (χ3n) is 5.40. The van der Waals surface area contributed by atoms with Crippen molar-refractivity contribution in [3.63, 3.8) is 0 Å². The molecule has 2 aromatic heterocycles. The number of fused-ring (bicyclic) bond motifs is 3. The molecule has 1 aliphatic rings. The maximum Gasteiger partial charge on any atom is 0.332 e. The Bertz CT molecular complexity index is 1270. The Labute approximate surface area is 177 Å². The van der Waals surface area contributed by atoms with Crippen molar-refractivity contribution in [2.45, 2.75) is 26.4 Å². The van der Waals surface area contributed by atoms with Crippen LogP contribution in [0.15, 0.2) is 39.0 Å². The molecule has 0 spiro atoms. The number of aromatic nitrogens is 4. The summed E-state index contributed by atoms with van der Waals surface area (Å²) in [6, 6.07) is 6.95. The van der Waals surface area contributed by atoms with E-state index in [1.165, 1.54) is 9.13 Å². The molecule has 0 fully saturated rings. The Morgan fingerprint density at radius 1 is 1.27 bits per heavy atom. The van der Waals surface area contributed by atoms with Crippen molar-refractivity contribution in [1.29, 1.82) is 0 Å². The van der Waals surface area contributed by atoms with E-state index in [9.17, 15) is 9.59 Å². The Kier molecular flexibility index (Phi) is 5.25. The number of methoxy groups -OCH3 is 1. The van der Waals surface area contributed by atoms with Gasteiger partial charge in [-0.1, -0.05) is 23.7 Å². The van der Waals surface area contributed by atoms with Gasteiger partial charge < -0.3 is 4.74 Å². The van der Waals surface area contributed by atoms with Gasteiger partial charge in [-0.2, -0.15) is 10.1 Å². The molecule has 158 valence electrons. The summed E-state index contributed by atoms with van der Waals surface area (Å²) in [5, 5.41) is 6.86. The molecule has 30 heavy (non-hydrogen) atoms. The smallest absolute Gasteiger partial charge is 0.332 e. The summed E-state index contributed by atoms with van der Waals surface area (Å²) in [5.74, 6) is 0.521. The second-order valence-electron chi connectivity index (χ2n) is 7.35. The van der Waals surface area contributed by atoms with Crippen LogP contribution in [0.3, 0.4) is 0 Å². The van der Waals surface area contributed by atoms with Crippen LogP contribution in [0.25, 0.3) is 11.2 Å². The van der Waals surface area contributed by atoms with Crippen LogP contribution >= 0.6 is 11.6 Å². The van der Waals surface area contributed by atoms with Crippen LogP contribution in [-0.4, -0.2) is 44.7 Å². The minimum atomic E-state index is -0.434. The van der Waals surface area contributed by atoms with E-state index < -0.39 is 5.69 Å². The standard InChI is InChI=1S/C20H23ClN6O3/c1-12-13(2)27-16-17(22-19(27)26(23-12)8-9-30-4)24(3)20(29)25(18(16)28)11-14-6-5-7-15(21)10-14/h5-7,10,13H,8-9,11H2,1-4H3. The van der Waals surface area contributed by atoms with E-state index in [2.05, 4.69) is 10.1 Å².